The van der Waals surface area contributed by atoms with E-state index < -0.39 is 5.97 Å². The Morgan fingerprint density at radius 3 is 2.38 bits per heavy atom. The van der Waals surface area contributed by atoms with Crippen LogP contribution in [0.4, 0.5) is 0 Å². The summed E-state index contributed by atoms with van der Waals surface area (Å²) in [5.41, 5.74) is 0.351. The van der Waals surface area contributed by atoms with Gasteiger partial charge in [-0.1, -0.05) is 32.6 Å². The molecular formula is C10H19NO2. The summed E-state index contributed by atoms with van der Waals surface area (Å²) in [6, 6.07) is 0. The average molecular weight is 185 g/mol. The van der Waals surface area contributed by atoms with Gasteiger partial charge in [0.15, 0.2) is 0 Å². The smallest absolute Gasteiger partial charge is 0.309 e. The highest BCUT2D eigenvalue weighted by Crippen LogP contribution is 2.06. The van der Waals surface area contributed by atoms with Gasteiger partial charge in [0.1, 0.15) is 0 Å². The summed E-state index contributed by atoms with van der Waals surface area (Å²) in [5.74, 6) is -0.890. The van der Waals surface area contributed by atoms with E-state index in [-0.39, 0.29) is 6.42 Å². The maximum absolute atomic E-state index is 10.2. The first-order chi connectivity index (χ1) is 6.16. The molecule has 0 aromatic carbocycles. The lowest BCUT2D eigenvalue weighted by molar-refractivity contribution is -0.135. The molecule has 0 aromatic rings. The van der Waals surface area contributed by atoms with Crippen molar-refractivity contribution >= 4 is 11.7 Å². The number of unbranched alkanes of at least 4 members (excludes halogenated alkanes) is 4. The van der Waals surface area contributed by atoms with Crippen LogP contribution in [0.1, 0.15) is 51.9 Å². The summed E-state index contributed by atoms with van der Waals surface area (Å²) in [4.78, 5) is 10.2. The Morgan fingerprint density at radius 2 is 1.85 bits per heavy atom. The van der Waals surface area contributed by atoms with Gasteiger partial charge in [-0.05, 0) is 12.8 Å². The topological polar surface area (TPSA) is 61.2 Å². The average Bonchev–Trinajstić information content (AvgIpc) is 2.02. The van der Waals surface area contributed by atoms with E-state index >= 15 is 0 Å². The molecule has 3 nitrogen and oxygen atoms in total. The van der Waals surface area contributed by atoms with Gasteiger partial charge in [0, 0.05) is 5.71 Å². The van der Waals surface area contributed by atoms with E-state index in [1.807, 2.05) is 0 Å². The Morgan fingerprint density at radius 1 is 1.23 bits per heavy atom. The fourth-order valence-electron chi connectivity index (χ4n) is 1.21. The monoisotopic (exact) mass is 185 g/mol. The van der Waals surface area contributed by atoms with Gasteiger partial charge in [-0.25, -0.2) is 0 Å². The van der Waals surface area contributed by atoms with Gasteiger partial charge < -0.3 is 10.5 Å². The third kappa shape index (κ3) is 9.05. The number of nitrogens with one attached hydrogen (secondary N) is 1. The van der Waals surface area contributed by atoms with Gasteiger partial charge >= 0.3 is 5.97 Å². The van der Waals surface area contributed by atoms with Crippen molar-refractivity contribution in [1.29, 1.82) is 5.41 Å². The number of aliphatic carboxylic acids is 1. The first-order valence-electron chi connectivity index (χ1n) is 4.95. The lowest BCUT2D eigenvalue weighted by Crippen LogP contribution is -2.05. The highest BCUT2D eigenvalue weighted by atomic mass is 16.4. The molecule has 0 aliphatic rings. The van der Waals surface area contributed by atoms with E-state index in [0.717, 1.165) is 12.8 Å². The minimum Gasteiger partial charge on any atom is -0.481 e. The molecule has 0 fully saturated rings. The van der Waals surface area contributed by atoms with E-state index in [0.29, 0.717) is 12.1 Å². The summed E-state index contributed by atoms with van der Waals surface area (Å²) >= 11 is 0. The minimum absolute atomic E-state index is 0.0895. The van der Waals surface area contributed by atoms with Gasteiger partial charge in [0.25, 0.3) is 0 Å². The van der Waals surface area contributed by atoms with Crippen LogP contribution in [-0.2, 0) is 4.79 Å². The summed E-state index contributed by atoms with van der Waals surface area (Å²) in [6.07, 6.45) is 6.31. The van der Waals surface area contributed by atoms with Crippen molar-refractivity contribution in [3.05, 3.63) is 0 Å². The molecule has 0 atom stereocenters. The van der Waals surface area contributed by atoms with Gasteiger partial charge in [0.05, 0.1) is 6.42 Å². The predicted molar refractivity (Wildman–Crippen MR) is 53.4 cm³/mol. The van der Waals surface area contributed by atoms with Crippen LogP contribution in [0, 0.1) is 5.41 Å². The standard InChI is InChI=1S/C10H19NO2/c1-2-3-4-5-6-7-9(11)8-10(12)13/h11H,2-8H2,1H3,(H,12,13). The van der Waals surface area contributed by atoms with Crippen LogP contribution in [0.2, 0.25) is 0 Å². The normalized spacial score (nSPS) is 9.92. The molecule has 0 radical (unpaired) electrons. The Bertz CT molecular complexity index is 166. The lowest BCUT2D eigenvalue weighted by Gasteiger charge is -2.00. The molecule has 0 bridgehead atoms. The molecule has 0 spiro atoms. The van der Waals surface area contributed by atoms with Gasteiger partial charge in [-0.3, -0.25) is 4.79 Å². The van der Waals surface area contributed by atoms with E-state index in [1.165, 1.54) is 19.3 Å². The SMILES string of the molecule is CCCCCCCC(=N)CC(=O)O. The van der Waals surface area contributed by atoms with Crippen molar-refractivity contribution < 1.29 is 9.90 Å². The van der Waals surface area contributed by atoms with Crippen molar-refractivity contribution in [2.24, 2.45) is 0 Å². The second-order valence-corrected chi connectivity index (χ2v) is 3.34. The molecule has 3 heteroatoms. The molecule has 2 N–H and O–H groups in total. The molecule has 76 valence electrons. The second-order valence-electron chi connectivity index (χ2n) is 3.34. The second kappa shape index (κ2) is 7.77. The number of rotatable bonds is 8. The number of carbonyl (C=O) groups is 1. The predicted octanol–water partition coefficient (Wildman–Crippen LogP) is 2.84. The zero-order chi connectivity index (χ0) is 10.1. The van der Waals surface area contributed by atoms with Gasteiger partial charge in [-0.2, -0.15) is 0 Å². The highest BCUT2D eigenvalue weighted by molar-refractivity contribution is 5.96. The van der Waals surface area contributed by atoms with Crippen molar-refractivity contribution in [2.45, 2.75) is 51.9 Å². The maximum Gasteiger partial charge on any atom is 0.309 e. The Balaban J connectivity index is 3.22. The lowest BCUT2D eigenvalue weighted by atomic mass is 10.1. The fourth-order valence-corrected chi connectivity index (χ4v) is 1.21. The van der Waals surface area contributed by atoms with Crippen LogP contribution >= 0.6 is 0 Å². The van der Waals surface area contributed by atoms with Crippen LogP contribution in [0.5, 0.6) is 0 Å². The van der Waals surface area contributed by atoms with Crippen LogP contribution < -0.4 is 0 Å². The molecule has 0 amide bonds. The molecule has 0 heterocycles. The Hall–Kier alpha value is -0.860. The summed E-state index contributed by atoms with van der Waals surface area (Å²) in [6.45, 7) is 2.16. The third-order valence-corrected chi connectivity index (χ3v) is 1.95. The van der Waals surface area contributed by atoms with Crippen LogP contribution in [0.25, 0.3) is 0 Å². The minimum atomic E-state index is -0.890. The molecule has 0 saturated heterocycles. The fraction of sp³-hybridized carbons (Fsp3) is 0.800. The molecule has 0 unspecified atom stereocenters. The summed E-state index contributed by atoms with van der Waals surface area (Å²) in [7, 11) is 0. The zero-order valence-corrected chi connectivity index (χ0v) is 8.31. The number of carboxylic acid groups (broad SMARTS) is 1. The molecule has 0 aliphatic heterocycles. The first kappa shape index (κ1) is 12.1. The van der Waals surface area contributed by atoms with Crippen LogP contribution in [-0.4, -0.2) is 16.8 Å². The third-order valence-electron chi connectivity index (χ3n) is 1.95. The quantitative estimate of drug-likeness (QED) is 0.451. The van der Waals surface area contributed by atoms with Crippen LogP contribution in [0.15, 0.2) is 0 Å². The van der Waals surface area contributed by atoms with Crippen molar-refractivity contribution in [3.63, 3.8) is 0 Å². The molecular weight excluding hydrogens is 166 g/mol. The molecule has 0 saturated carbocycles. The summed E-state index contributed by atoms with van der Waals surface area (Å²) in [5, 5.41) is 15.7. The molecule has 13 heavy (non-hydrogen) atoms. The number of carboxylic acids is 1. The number of hydrogen-bond donors (Lipinski definition) is 2. The van der Waals surface area contributed by atoms with E-state index in [1.54, 1.807) is 0 Å². The Kier molecular flexibility index (Phi) is 7.26. The van der Waals surface area contributed by atoms with Gasteiger partial charge in [-0.15, -0.1) is 0 Å². The largest absolute Gasteiger partial charge is 0.481 e. The van der Waals surface area contributed by atoms with Crippen molar-refractivity contribution in [3.8, 4) is 0 Å². The molecule has 0 rings (SSSR count). The highest BCUT2D eigenvalue weighted by Gasteiger charge is 2.02. The zero-order valence-electron chi connectivity index (χ0n) is 8.31. The Labute approximate surface area is 79.7 Å². The molecule has 0 aromatic heterocycles. The van der Waals surface area contributed by atoms with Crippen molar-refractivity contribution in [2.75, 3.05) is 0 Å². The van der Waals surface area contributed by atoms with Crippen LogP contribution in [0.3, 0.4) is 0 Å². The van der Waals surface area contributed by atoms with E-state index in [9.17, 15) is 4.79 Å². The first-order valence-corrected chi connectivity index (χ1v) is 4.95. The van der Waals surface area contributed by atoms with E-state index in [4.69, 9.17) is 10.5 Å². The number of hydrogen-bond acceptors (Lipinski definition) is 2. The molecule has 0 aliphatic carbocycles. The summed E-state index contributed by atoms with van der Waals surface area (Å²) < 4.78 is 0. The van der Waals surface area contributed by atoms with Gasteiger partial charge in [0.2, 0.25) is 0 Å². The maximum atomic E-state index is 10.2. The van der Waals surface area contributed by atoms with E-state index in [2.05, 4.69) is 6.92 Å². The van der Waals surface area contributed by atoms with Crippen molar-refractivity contribution in [1.82, 2.24) is 0 Å².